The van der Waals surface area contributed by atoms with E-state index in [1.807, 2.05) is 6.07 Å². The summed E-state index contributed by atoms with van der Waals surface area (Å²) in [6.07, 6.45) is 1.92. The molecule has 2 aromatic rings. The lowest BCUT2D eigenvalue weighted by Crippen LogP contribution is -2.52. The minimum Gasteiger partial charge on any atom is -0.468 e. The van der Waals surface area contributed by atoms with Gasteiger partial charge in [0, 0.05) is 42.4 Å². The van der Waals surface area contributed by atoms with Crippen LogP contribution in [-0.2, 0) is 6.54 Å². The molecule has 160 valence electrons. The number of carbonyl (C=O) groups is 1. The van der Waals surface area contributed by atoms with Crippen molar-refractivity contribution in [3.05, 3.63) is 59.8 Å². The zero-order valence-electron chi connectivity index (χ0n) is 16.6. The third-order valence-electron chi connectivity index (χ3n) is 6.11. The molecular formula is C23H25F3N2O2. The standard InChI is InChI=1S/C23H25F3N2O2/c24-23(25,26)15-30-21-10-9-17(13-27-21)22(29)18-11-19-7-4-8-20(12-18)28(19)14-16-5-2-1-3-6-16/h1-3,5-6,9-10,13,18-20H,4,7-8,11-12,14-15H2. The highest BCUT2D eigenvalue weighted by molar-refractivity contribution is 5.97. The van der Waals surface area contributed by atoms with Gasteiger partial charge in [-0.25, -0.2) is 4.98 Å². The van der Waals surface area contributed by atoms with Gasteiger partial charge >= 0.3 is 6.18 Å². The average molecular weight is 418 g/mol. The Hall–Kier alpha value is -2.41. The average Bonchev–Trinajstić information content (AvgIpc) is 2.72. The van der Waals surface area contributed by atoms with Gasteiger partial charge in [0.05, 0.1) is 0 Å². The zero-order chi connectivity index (χ0) is 21.1. The van der Waals surface area contributed by atoms with Crippen LogP contribution in [-0.4, -0.2) is 40.5 Å². The molecule has 30 heavy (non-hydrogen) atoms. The van der Waals surface area contributed by atoms with Crippen molar-refractivity contribution in [2.24, 2.45) is 5.92 Å². The van der Waals surface area contributed by atoms with Gasteiger partial charge in [-0.2, -0.15) is 13.2 Å². The van der Waals surface area contributed by atoms with Crippen molar-refractivity contribution < 1.29 is 22.7 Å². The number of fused-ring (bicyclic) bond motifs is 2. The van der Waals surface area contributed by atoms with Gasteiger partial charge in [-0.3, -0.25) is 9.69 Å². The number of aromatic nitrogens is 1. The van der Waals surface area contributed by atoms with Crippen LogP contribution < -0.4 is 4.74 Å². The zero-order valence-corrected chi connectivity index (χ0v) is 16.6. The first kappa shape index (κ1) is 20.8. The molecule has 0 radical (unpaired) electrons. The van der Waals surface area contributed by atoms with Crippen LogP contribution in [0.2, 0.25) is 0 Å². The van der Waals surface area contributed by atoms with Crippen LogP contribution in [0.15, 0.2) is 48.7 Å². The van der Waals surface area contributed by atoms with E-state index in [-0.39, 0.29) is 17.6 Å². The lowest BCUT2D eigenvalue weighted by atomic mass is 9.75. The molecule has 2 fully saturated rings. The quantitative estimate of drug-likeness (QED) is 0.617. The van der Waals surface area contributed by atoms with Crippen molar-refractivity contribution in [2.75, 3.05) is 6.61 Å². The molecule has 0 aliphatic carbocycles. The van der Waals surface area contributed by atoms with Crippen LogP contribution in [0, 0.1) is 5.92 Å². The second kappa shape index (κ2) is 8.76. The van der Waals surface area contributed by atoms with Gasteiger partial charge in [-0.1, -0.05) is 36.8 Å². The molecular weight excluding hydrogens is 393 g/mol. The SMILES string of the molecule is O=C(c1ccc(OCC(F)(F)F)nc1)C1CC2CCCC(C1)N2Cc1ccccc1. The number of ether oxygens (including phenoxy) is 1. The van der Waals surface area contributed by atoms with Gasteiger partial charge in [-0.15, -0.1) is 0 Å². The molecule has 1 aromatic heterocycles. The molecule has 7 heteroatoms. The van der Waals surface area contributed by atoms with E-state index in [4.69, 9.17) is 0 Å². The molecule has 4 nitrogen and oxygen atoms in total. The fourth-order valence-corrected chi connectivity index (χ4v) is 4.75. The van der Waals surface area contributed by atoms with Crippen LogP contribution in [0.4, 0.5) is 13.2 Å². The Bertz CT molecular complexity index is 841. The van der Waals surface area contributed by atoms with Gasteiger partial charge in [0.15, 0.2) is 12.4 Å². The van der Waals surface area contributed by atoms with Crippen molar-refractivity contribution in [1.29, 1.82) is 0 Å². The Morgan fingerprint density at radius 3 is 2.37 bits per heavy atom. The maximum Gasteiger partial charge on any atom is 0.422 e. The Kier molecular flexibility index (Phi) is 6.09. The van der Waals surface area contributed by atoms with Crippen LogP contribution in [0.3, 0.4) is 0 Å². The number of Topliss-reactive ketones (excluding diaryl/α,β-unsaturated/α-hetero) is 1. The second-order valence-electron chi connectivity index (χ2n) is 8.22. The number of ketones is 1. The van der Waals surface area contributed by atoms with Crippen LogP contribution in [0.5, 0.6) is 5.88 Å². The number of halogens is 3. The first-order chi connectivity index (χ1) is 14.4. The molecule has 0 spiro atoms. The molecule has 1 aromatic carbocycles. The Balaban J connectivity index is 1.40. The van der Waals surface area contributed by atoms with E-state index < -0.39 is 12.8 Å². The number of benzene rings is 1. The Morgan fingerprint density at radius 2 is 1.77 bits per heavy atom. The van der Waals surface area contributed by atoms with Gasteiger partial charge in [0.1, 0.15) is 0 Å². The lowest BCUT2D eigenvalue weighted by molar-refractivity contribution is -0.154. The molecule has 0 amide bonds. The Morgan fingerprint density at radius 1 is 1.07 bits per heavy atom. The maximum absolute atomic E-state index is 13.0. The first-order valence-corrected chi connectivity index (χ1v) is 10.4. The molecule has 2 aliphatic rings. The number of piperidine rings is 2. The number of nitrogens with zero attached hydrogens (tertiary/aromatic N) is 2. The minimum absolute atomic E-state index is 0.0288. The highest BCUT2D eigenvalue weighted by atomic mass is 19.4. The number of hydrogen-bond donors (Lipinski definition) is 0. The number of hydrogen-bond acceptors (Lipinski definition) is 4. The monoisotopic (exact) mass is 418 g/mol. The topological polar surface area (TPSA) is 42.4 Å². The molecule has 4 rings (SSSR count). The van der Waals surface area contributed by atoms with E-state index in [0.717, 1.165) is 32.2 Å². The first-order valence-electron chi connectivity index (χ1n) is 10.4. The smallest absolute Gasteiger partial charge is 0.422 e. The van der Waals surface area contributed by atoms with E-state index >= 15 is 0 Å². The van der Waals surface area contributed by atoms with E-state index in [1.54, 1.807) is 0 Å². The summed E-state index contributed by atoms with van der Waals surface area (Å²) in [7, 11) is 0. The fourth-order valence-electron chi connectivity index (χ4n) is 4.75. The number of rotatable bonds is 6. The van der Waals surface area contributed by atoms with Gasteiger partial charge in [0.2, 0.25) is 5.88 Å². The van der Waals surface area contributed by atoms with Crippen molar-refractivity contribution in [3.63, 3.8) is 0 Å². The number of alkyl halides is 3. The molecule has 0 saturated carbocycles. The molecule has 2 saturated heterocycles. The van der Waals surface area contributed by atoms with Crippen LogP contribution in [0.1, 0.15) is 48.0 Å². The third-order valence-corrected chi connectivity index (χ3v) is 6.11. The van der Waals surface area contributed by atoms with Crippen molar-refractivity contribution in [3.8, 4) is 5.88 Å². The van der Waals surface area contributed by atoms with Crippen molar-refractivity contribution in [2.45, 2.75) is 56.9 Å². The van der Waals surface area contributed by atoms with Crippen molar-refractivity contribution >= 4 is 5.78 Å². The van der Waals surface area contributed by atoms with E-state index in [0.29, 0.717) is 17.6 Å². The van der Waals surface area contributed by atoms with Gasteiger partial charge < -0.3 is 4.74 Å². The molecule has 2 atom stereocenters. The van der Waals surface area contributed by atoms with E-state index in [1.165, 1.54) is 30.3 Å². The fraction of sp³-hybridized carbons (Fsp3) is 0.478. The van der Waals surface area contributed by atoms with Crippen LogP contribution >= 0.6 is 0 Å². The normalized spacial score (nSPS) is 24.4. The number of carbonyl (C=O) groups excluding carboxylic acids is 1. The molecule has 2 bridgehead atoms. The van der Waals surface area contributed by atoms with Crippen molar-refractivity contribution in [1.82, 2.24) is 9.88 Å². The summed E-state index contributed by atoms with van der Waals surface area (Å²) in [5.74, 6) is -0.171. The van der Waals surface area contributed by atoms with Crippen LogP contribution in [0.25, 0.3) is 0 Å². The summed E-state index contributed by atoms with van der Waals surface area (Å²) in [5.41, 5.74) is 1.73. The summed E-state index contributed by atoms with van der Waals surface area (Å²) >= 11 is 0. The van der Waals surface area contributed by atoms with Gasteiger partial charge in [-0.05, 0) is 37.3 Å². The predicted octanol–water partition coefficient (Wildman–Crippen LogP) is 5.04. The third kappa shape index (κ3) is 5.01. The predicted molar refractivity (Wildman–Crippen MR) is 106 cm³/mol. The second-order valence-corrected chi connectivity index (χ2v) is 8.22. The number of pyridine rings is 1. The Labute approximate surface area is 174 Å². The lowest BCUT2D eigenvalue weighted by Gasteiger charge is -2.48. The highest BCUT2D eigenvalue weighted by Crippen LogP contribution is 2.39. The molecule has 3 heterocycles. The molecule has 2 aliphatic heterocycles. The maximum atomic E-state index is 13.0. The summed E-state index contributed by atoms with van der Waals surface area (Å²) in [6.45, 7) is -0.486. The molecule has 0 N–H and O–H groups in total. The summed E-state index contributed by atoms with van der Waals surface area (Å²) in [5, 5.41) is 0. The molecule has 2 unspecified atom stereocenters. The summed E-state index contributed by atoms with van der Waals surface area (Å²) in [4.78, 5) is 19.5. The summed E-state index contributed by atoms with van der Waals surface area (Å²) in [6, 6.07) is 14.0. The largest absolute Gasteiger partial charge is 0.468 e. The van der Waals surface area contributed by atoms with Gasteiger partial charge in [0.25, 0.3) is 0 Å². The van der Waals surface area contributed by atoms with E-state index in [9.17, 15) is 18.0 Å². The van der Waals surface area contributed by atoms with E-state index in [2.05, 4.69) is 38.9 Å². The summed E-state index contributed by atoms with van der Waals surface area (Å²) < 4.78 is 41.4. The highest BCUT2D eigenvalue weighted by Gasteiger charge is 2.40. The minimum atomic E-state index is -4.42.